The summed E-state index contributed by atoms with van der Waals surface area (Å²) >= 11 is 0. The Morgan fingerprint density at radius 1 is 1.10 bits per heavy atom. The first-order valence-corrected chi connectivity index (χ1v) is 8.96. The van der Waals surface area contributed by atoms with E-state index in [0.717, 1.165) is 12.1 Å². The molecule has 0 bridgehead atoms. The first kappa shape index (κ1) is 14.9. The molecule has 1 heterocycles. The maximum absolute atomic E-state index is 3.71. The highest BCUT2D eigenvalue weighted by atomic mass is 15.2. The number of anilines is 1. The number of fused-ring (bicyclic) bond motifs is 1. The van der Waals surface area contributed by atoms with Crippen LogP contribution in [0.5, 0.6) is 0 Å². The topological polar surface area (TPSA) is 15.3 Å². The zero-order valence-corrected chi connectivity index (χ0v) is 13.5. The molecule has 3 rings (SSSR count). The summed E-state index contributed by atoms with van der Waals surface area (Å²) in [5.74, 6) is 0. The van der Waals surface area contributed by atoms with Crippen LogP contribution >= 0.6 is 0 Å². The van der Waals surface area contributed by atoms with Crippen molar-refractivity contribution in [1.29, 1.82) is 0 Å². The minimum atomic E-state index is 0.767. The van der Waals surface area contributed by atoms with Crippen molar-refractivity contribution in [3.8, 4) is 0 Å². The monoisotopic (exact) mass is 286 g/mol. The second-order valence-corrected chi connectivity index (χ2v) is 6.74. The molecule has 1 saturated carbocycles. The Bertz CT molecular complexity index is 435. The number of hydrogen-bond acceptors (Lipinski definition) is 2. The van der Waals surface area contributed by atoms with E-state index < -0.39 is 0 Å². The Kier molecular flexibility index (Phi) is 5.18. The molecule has 1 aliphatic carbocycles. The summed E-state index contributed by atoms with van der Waals surface area (Å²) in [6, 6.07) is 10.6. The van der Waals surface area contributed by atoms with Crippen LogP contribution in [-0.2, 0) is 6.42 Å². The van der Waals surface area contributed by atoms with Crippen LogP contribution in [-0.4, -0.2) is 25.2 Å². The molecule has 0 radical (unpaired) electrons. The minimum absolute atomic E-state index is 0.767. The van der Waals surface area contributed by atoms with Gasteiger partial charge in [0.05, 0.1) is 0 Å². The fourth-order valence-corrected chi connectivity index (χ4v) is 4.04. The number of benzene rings is 1. The van der Waals surface area contributed by atoms with Crippen molar-refractivity contribution < 1.29 is 0 Å². The lowest BCUT2D eigenvalue weighted by atomic mass is 9.89. The van der Waals surface area contributed by atoms with E-state index in [0.29, 0.717) is 0 Å². The summed E-state index contributed by atoms with van der Waals surface area (Å²) in [6.45, 7) is 4.70. The highest BCUT2D eigenvalue weighted by Gasteiger charge is 2.27. The molecule has 116 valence electrons. The normalized spacial score (nSPS) is 26.2. The zero-order chi connectivity index (χ0) is 14.5. The van der Waals surface area contributed by atoms with Gasteiger partial charge in [-0.15, -0.1) is 0 Å². The van der Waals surface area contributed by atoms with Gasteiger partial charge < -0.3 is 10.2 Å². The number of para-hydroxylation sites is 1. The molecule has 2 aliphatic rings. The standard InChI is InChI=1S/C19H30N2/c1-2-14-20-17-10-12-18(13-11-17)21-15-6-5-8-16-7-3-4-9-19(16)21/h3-4,7,9,17-18,20H,2,5-6,8,10-15H2,1H3. The van der Waals surface area contributed by atoms with Gasteiger partial charge >= 0.3 is 0 Å². The molecule has 0 aromatic heterocycles. The van der Waals surface area contributed by atoms with Crippen LogP contribution in [0.4, 0.5) is 5.69 Å². The van der Waals surface area contributed by atoms with Crippen molar-refractivity contribution in [2.45, 2.75) is 70.4 Å². The summed E-state index contributed by atoms with van der Waals surface area (Å²) < 4.78 is 0. The minimum Gasteiger partial charge on any atom is -0.368 e. The maximum Gasteiger partial charge on any atom is 0.0401 e. The molecule has 0 saturated heterocycles. The summed E-state index contributed by atoms with van der Waals surface area (Å²) in [5.41, 5.74) is 3.10. The van der Waals surface area contributed by atoms with Gasteiger partial charge in [-0.1, -0.05) is 25.1 Å². The fraction of sp³-hybridized carbons (Fsp3) is 0.684. The van der Waals surface area contributed by atoms with E-state index in [-0.39, 0.29) is 0 Å². The number of nitrogens with zero attached hydrogens (tertiary/aromatic N) is 1. The van der Waals surface area contributed by atoms with Gasteiger partial charge in [0.15, 0.2) is 0 Å². The van der Waals surface area contributed by atoms with E-state index in [2.05, 4.69) is 41.4 Å². The molecule has 2 heteroatoms. The van der Waals surface area contributed by atoms with Gasteiger partial charge in [0.25, 0.3) is 0 Å². The van der Waals surface area contributed by atoms with Crippen molar-refractivity contribution in [2.24, 2.45) is 0 Å². The third kappa shape index (κ3) is 3.60. The molecule has 1 aromatic rings. The Labute approximate surface area is 129 Å². The van der Waals surface area contributed by atoms with Crippen LogP contribution in [0.1, 0.15) is 57.4 Å². The van der Waals surface area contributed by atoms with Crippen molar-refractivity contribution in [3.63, 3.8) is 0 Å². The Morgan fingerprint density at radius 2 is 1.90 bits per heavy atom. The van der Waals surface area contributed by atoms with Crippen LogP contribution in [0.2, 0.25) is 0 Å². The van der Waals surface area contributed by atoms with Gasteiger partial charge in [0.1, 0.15) is 0 Å². The number of hydrogen-bond donors (Lipinski definition) is 1. The third-order valence-electron chi connectivity index (χ3n) is 5.22. The average molecular weight is 286 g/mol. The largest absolute Gasteiger partial charge is 0.368 e. The fourth-order valence-electron chi connectivity index (χ4n) is 4.04. The molecule has 1 N–H and O–H groups in total. The van der Waals surface area contributed by atoms with Crippen molar-refractivity contribution in [1.82, 2.24) is 5.32 Å². The molecule has 0 amide bonds. The summed E-state index contributed by atoms with van der Waals surface area (Å²) in [4.78, 5) is 2.73. The Morgan fingerprint density at radius 3 is 2.71 bits per heavy atom. The molecule has 0 spiro atoms. The van der Waals surface area contributed by atoms with E-state index in [1.807, 2.05) is 0 Å². The first-order valence-electron chi connectivity index (χ1n) is 8.96. The highest BCUT2D eigenvalue weighted by molar-refractivity contribution is 5.55. The molecule has 1 aromatic carbocycles. The van der Waals surface area contributed by atoms with Gasteiger partial charge in [-0.25, -0.2) is 0 Å². The van der Waals surface area contributed by atoms with E-state index in [9.17, 15) is 0 Å². The zero-order valence-electron chi connectivity index (χ0n) is 13.5. The van der Waals surface area contributed by atoms with Crippen molar-refractivity contribution in [3.05, 3.63) is 29.8 Å². The average Bonchev–Trinajstić information content (AvgIpc) is 2.76. The summed E-state index contributed by atoms with van der Waals surface area (Å²) in [5, 5.41) is 3.71. The lowest BCUT2D eigenvalue weighted by molar-refractivity contribution is 0.331. The lowest BCUT2D eigenvalue weighted by Crippen LogP contribution is -2.43. The van der Waals surface area contributed by atoms with Crippen LogP contribution in [0.15, 0.2) is 24.3 Å². The predicted octanol–water partition coefficient (Wildman–Crippen LogP) is 4.14. The van der Waals surface area contributed by atoms with Crippen molar-refractivity contribution in [2.75, 3.05) is 18.0 Å². The van der Waals surface area contributed by atoms with Crippen LogP contribution < -0.4 is 10.2 Å². The first-order chi connectivity index (χ1) is 10.4. The highest BCUT2D eigenvalue weighted by Crippen LogP contribution is 2.32. The second kappa shape index (κ2) is 7.31. The second-order valence-electron chi connectivity index (χ2n) is 6.74. The maximum atomic E-state index is 3.71. The molecule has 1 fully saturated rings. The molecular formula is C19H30N2. The van der Waals surface area contributed by atoms with Crippen molar-refractivity contribution >= 4 is 5.69 Å². The molecule has 1 aliphatic heterocycles. The lowest BCUT2D eigenvalue weighted by Gasteiger charge is -2.39. The van der Waals surface area contributed by atoms with Gasteiger partial charge in [0.2, 0.25) is 0 Å². The van der Waals surface area contributed by atoms with E-state index >= 15 is 0 Å². The Hall–Kier alpha value is -1.02. The van der Waals surface area contributed by atoms with Crippen LogP contribution in [0.3, 0.4) is 0 Å². The third-order valence-corrected chi connectivity index (χ3v) is 5.22. The number of rotatable bonds is 4. The van der Waals surface area contributed by atoms with Gasteiger partial charge in [-0.2, -0.15) is 0 Å². The summed E-state index contributed by atoms with van der Waals surface area (Å²) in [7, 11) is 0. The Balaban J connectivity index is 1.65. The van der Waals surface area contributed by atoms with E-state index in [4.69, 9.17) is 0 Å². The quantitative estimate of drug-likeness (QED) is 0.895. The molecular weight excluding hydrogens is 256 g/mol. The molecule has 2 nitrogen and oxygen atoms in total. The summed E-state index contributed by atoms with van der Waals surface area (Å²) in [6.07, 6.45) is 10.6. The molecule has 0 atom stereocenters. The van der Waals surface area contributed by atoms with E-state index in [1.165, 1.54) is 70.1 Å². The van der Waals surface area contributed by atoms with Gasteiger partial charge in [0, 0.05) is 24.3 Å². The SMILES string of the molecule is CCCNC1CCC(N2CCCCc3ccccc32)CC1. The molecule has 0 unspecified atom stereocenters. The van der Waals surface area contributed by atoms with Crippen LogP contribution in [0.25, 0.3) is 0 Å². The smallest absolute Gasteiger partial charge is 0.0401 e. The molecule has 21 heavy (non-hydrogen) atoms. The predicted molar refractivity (Wildman–Crippen MR) is 91.1 cm³/mol. The van der Waals surface area contributed by atoms with Gasteiger partial charge in [-0.3, -0.25) is 0 Å². The van der Waals surface area contributed by atoms with E-state index in [1.54, 1.807) is 5.56 Å². The van der Waals surface area contributed by atoms with Gasteiger partial charge in [-0.05, 0) is 69.5 Å². The number of nitrogens with one attached hydrogen (secondary N) is 1. The van der Waals surface area contributed by atoms with Crippen LogP contribution in [0, 0.1) is 0 Å². The number of aryl methyl sites for hydroxylation is 1.